The minimum atomic E-state index is 0.0669. The number of hydrogen-bond acceptors (Lipinski definition) is 2. The molecule has 0 spiro atoms. The number of ether oxygens (including phenoxy) is 1. The van der Waals surface area contributed by atoms with E-state index in [2.05, 4.69) is 94.4 Å². The summed E-state index contributed by atoms with van der Waals surface area (Å²) in [5, 5.41) is 1.12. The van der Waals surface area contributed by atoms with Crippen molar-refractivity contribution in [1.82, 2.24) is 4.98 Å². The minimum Gasteiger partial charge on any atom is -0.488 e. The summed E-state index contributed by atoms with van der Waals surface area (Å²) >= 11 is 0. The van der Waals surface area contributed by atoms with Crippen LogP contribution in [0.5, 0.6) is 5.75 Å². The minimum absolute atomic E-state index is 0.0669. The summed E-state index contributed by atoms with van der Waals surface area (Å²) in [5.74, 6) is 0.859. The first-order chi connectivity index (χ1) is 13.6. The monoisotopic (exact) mass is 367 g/mol. The van der Waals surface area contributed by atoms with Crippen molar-refractivity contribution < 1.29 is 4.74 Å². The molecule has 1 aromatic heterocycles. The van der Waals surface area contributed by atoms with Crippen LogP contribution in [0.3, 0.4) is 0 Å². The quantitative estimate of drug-likeness (QED) is 0.388. The van der Waals surface area contributed by atoms with E-state index in [4.69, 9.17) is 9.72 Å². The van der Waals surface area contributed by atoms with Gasteiger partial charge >= 0.3 is 0 Å². The number of hydrogen-bond donors (Lipinski definition) is 0. The summed E-state index contributed by atoms with van der Waals surface area (Å²) in [5.41, 5.74) is 8.09. The summed E-state index contributed by atoms with van der Waals surface area (Å²) in [6, 6.07) is 23.3. The van der Waals surface area contributed by atoms with E-state index in [-0.39, 0.29) is 6.10 Å². The Morgan fingerprint density at radius 3 is 1.89 bits per heavy atom. The number of benzene rings is 3. The molecule has 4 rings (SSSR count). The molecule has 2 nitrogen and oxygen atoms in total. The number of aromatic nitrogens is 1. The van der Waals surface area contributed by atoms with Crippen molar-refractivity contribution in [2.24, 2.45) is 0 Å². The average Bonchev–Trinajstić information content (AvgIpc) is 2.69. The molecule has 0 saturated carbocycles. The van der Waals surface area contributed by atoms with Gasteiger partial charge in [0.1, 0.15) is 5.52 Å². The first kappa shape index (κ1) is 18.2. The molecule has 1 heterocycles. The zero-order valence-corrected chi connectivity index (χ0v) is 16.9. The van der Waals surface area contributed by atoms with Gasteiger partial charge in [-0.25, -0.2) is 0 Å². The van der Waals surface area contributed by atoms with Crippen LogP contribution in [0.1, 0.15) is 25.0 Å². The van der Waals surface area contributed by atoms with Crippen LogP contribution >= 0.6 is 0 Å². The van der Waals surface area contributed by atoms with Gasteiger partial charge < -0.3 is 4.74 Å². The van der Waals surface area contributed by atoms with Crippen LogP contribution < -0.4 is 4.74 Å². The molecule has 28 heavy (non-hydrogen) atoms. The van der Waals surface area contributed by atoms with Gasteiger partial charge in [-0.2, -0.15) is 0 Å². The van der Waals surface area contributed by atoms with Crippen molar-refractivity contribution in [1.29, 1.82) is 0 Å². The molecule has 3 aromatic carbocycles. The highest BCUT2D eigenvalue weighted by molar-refractivity contribution is 6.01. The van der Waals surface area contributed by atoms with Crippen LogP contribution in [-0.4, -0.2) is 11.1 Å². The Hall–Kier alpha value is -3.13. The molecule has 4 aromatic rings. The molecule has 0 aliphatic rings. The summed E-state index contributed by atoms with van der Waals surface area (Å²) in [6.45, 7) is 8.40. The van der Waals surface area contributed by atoms with Crippen LogP contribution in [0, 0.1) is 13.8 Å². The van der Waals surface area contributed by atoms with E-state index < -0.39 is 0 Å². The Balaban J connectivity index is 2.02. The third kappa shape index (κ3) is 3.27. The molecule has 0 amide bonds. The Morgan fingerprint density at radius 1 is 0.679 bits per heavy atom. The summed E-state index contributed by atoms with van der Waals surface area (Å²) in [6.07, 6.45) is 1.95. The fourth-order valence-corrected chi connectivity index (χ4v) is 3.74. The summed E-state index contributed by atoms with van der Waals surface area (Å²) < 4.78 is 6.33. The van der Waals surface area contributed by atoms with Crippen molar-refractivity contribution in [2.75, 3.05) is 0 Å². The van der Waals surface area contributed by atoms with Gasteiger partial charge in [-0.1, -0.05) is 54.6 Å². The van der Waals surface area contributed by atoms with Crippen molar-refractivity contribution in [3.8, 4) is 28.0 Å². The Kier molecular flexibility index (Phi) is 4.87. The molecule has 0 atom stereocenters. The topological polar surface area (TPSA) is 22.1 Å². The molecule has 0 radical (unpaired) electrons. The number of fused-ring (bicyclic) bond motifs is 1. The van der Waals surface area contributed by atoms with E-state index in [0.29, 0.717) is 0 Å². The lowest BCUT2D eigenvalue weighted by Crippen LogP contribution is -2.08. The first-order valence-corrected chi connectivity index (χ1v) is 9.76. The maximum absolute atomic E-state index is 6.33. The van der Waals surface area contributed by atoms with Gasteiger partial charge in [0.2, 0.25) is 0 Å². The largest absolute Gasteiger partial charge is 0.488 e. The molecule has 0 bridgehead atoms. The van der Waals surface area contributed by atoms with Gasteiger partial charge in [-0.15, -0.1) is 0 Å². The Bertz CT molecular complexity index is 1140. The highest BCUT2D eigenvalue weighted by Gasteiger charge is 2.17. The SMILES string of the molecule is Cc1ccccc1-c1ccc2c(-c3ccccc3C)ccnc2c1OC(C)C. The van der Waals surface area contributed by atoms with Gasteiger partial charge in [-0.05, 0) is 67.6 Å². The second kappa shape index (κ2) is 7.47. The van der Waals surface area contributed by atoms with Crippen LogP contribution in [0.15, 0.2) is 72.9 Å². The fraction of sp³-hybridized carbons (Fsp3) is 0.192. The fourth-order valence-electron chi connectivity index (χ4n) is 3.74. The van der Waals surface area contributed by atoms with E-state index in [1.807, 2.05) is 6.20 Å². The third-order valence-electron chi connectivity index (χ3n) is 5.09. The predicted octanol–water partition coefficient (Wildman–Crippen LogP) is 6.97. The molecule has 0 unspecified atom stereocenters. The summed E-state index contributed by atoms with van der Waals surface area (Å²) in [4.78, 5) is 4.74. The summed E-state index contributed by atoms with van der Waals surface area (Å²) in [7, 11) is 0. The standard InChI is InChI=1S/C26H25NO/c1-17(2)28-26-24(21-12-8-6-10-19(21)4)14-13-23-22(15-16-27-25(23)26)20-11-7-5-9-18(20)3/h5-17H,1-4H3. The van der Waals surface area contributed by atoms with Gasteiger partial charge in [0.15, 0.2) is 5.75 Å². The molecular weight excluding hydrogens is 342 g/mol. The normalized spacial score (nSPS) is 11.2. The Morgan fingerprint density at radius 2 is 1.29 bits per heavy atom. The van der Waals surface area contributed by atoms with E-state index in [1.54, 1.807) is 0 Å². The molecule has 0 aliphatic carbocycles. The lowest BCUT2D eigenvalue weighted by molar-refractivity contribution is 0.246. The van der Waals surface area contributed by atoms with Crippen molar-refractivity contribution in [3.63, 3.8) is 0 Å². The number of nitrogens with zero attached hydrogens (tertiary/aromatic N) is 1. The highest BCUT2D eigenvalue weighted by atomic mass is 16.5. The molecule has 0 aliphatic heterocycles. The molecule has 140 valence electrons. The molecule has 0 fully saturated rings. The maximum atomic E-state index is 6.33. The molecule has 0 saturated heterocycles. The van der Waals surface area contributed by atoms with Crippen LogP contribution in [0.25, 0.3) is 33.2 Å². The van der Waals surface area contributed by atoms with Gasteiger partial charge in [0, 0.05) is 17.1 Å². The second-order valence-corrected chi connectivity index (χ2v) is 7.49. The van der Waals surface area contributed by atoms with Gasteiger partial charge in [0.25, 0.3) is 0 Å². The van der Waals surface area contributed by atoms with E-state index in [9.17, 15) is 0 Å². The predicted molar refractivity (Wildman–Crippen MR) is 118 cm³/mol. The Labute approximate surface area is 166 Å². The highest BCUT2D eigenvalue weighted by Crippen LogP contribution is 2.41. The van der Waals surface area contributed by atoms with Crippen molar-refractivity contribution in [2.45, 2.75) is 33.8 Å². The van der Waals surface area contributed by atoms with E-state index in [1.165, 1.54) is 27.8 Å². The van der Waals surface area contributed by atoms with Crippen LogP contribution in [0.4, 0.5) is 0 Å². The van der Waals surface area contributed by atoms with Crippen LogP contribution in [0.2, 0.25) is 0 Å². The van der Waals surface area contributed by atoms with E-state index in [0.717, 1.165) is 22.2 Å². The zero-order chi connectivity index (χ0) is 19.7. The van der Waals surface area contributed by atoms with E-state index >= 15 is 0 Å². The third-order valence-corrected chi connectivity index (χ3v) is 5.09. The number of aryl methyl sites for hydroxylation is 2. The average molecular weight is 367 g/mol. The zero-order valence-electron chi connectivity index (χ0n) is 16.9. The van der Waals surface area contributed by atoms with Crippen molar-refractivity contribution in [3.05, 3.63) is 84.1 Å². The molecule has 2 heteroatoms. The maximum Gasteiger partial charge on any atom is 0.153 e. The second-order valence-electron chi connectivity index (χ2n) is 7.49. The van der Waals surface area contributed by atoms with Gasteiger partial charge in [0.05, 0.1) is 6.10 Å². The van der Waals surface area contributed by atoms with Crippen molar-refractivity contribution >= 4 is 10.9 Å². The van der Waals surface area contributed by atoms with Gasteiger partial charge in [-0.3, -0.25) is 4.98 Å². The first-order valence-electron chi connectivity index (χ1n) is 9.76. The lowest BCUT2D eigenvalue weighted by atomic mass is 9.94. The molecular formula is C26H25NO. The smallest absolute Gasteiger partial charge is 0.153 e. The number of rotatable bonds is 4. The molecule has 0 N–H and O–H groups in total. The van der Waals surface area contributed by atoms with Crippen LogP contribution in [-0.2, 0) is 0 Å². The number of pyridine rings is 1. The lowest BCUT2D eigenvalue weighted by Gasteiger charge is -2.19.